The molecule has 294 valence electrons. The average Bonchev–Trinajstić information content (AvgIpc) is 3.14. The summed E-state index contributed by atoms with van der Waals surface area (Å²) < 4.78 is 10.4. The molecule has 0 radical (unpaired) electrons. The summed E-state index contributed by atoms with van der Waals surface area (Å²) in [5, 5.41) is 12.0. The minimum Gasteiger partial charge on any atom is -0.468 e. The Morgan fingerprint density at radius 2 is 1.16 bits per heavy atom. The van der Waals surface area contributed by atoms with Crippen LogP contribution in [0.15, 0.2) is 97.1 Å². The van der Waals surface area contributed by atoms with Crippen LogP contribution in [0.4, 0.5) is 4.79 Å². The zero-order valence-corrected chi connectivity index (χ0v) is 34.6. The lowest BCUT2D eigenvalue weighted by Crippen LogP contribution is -2.50. The fourth-order valence-electron chi connectivity index (χ4n) is 6.16. The SMILES string of the molecule is COC(=O)[C@H](Cc1ccc(Cl)cc1)NC[C@H](Cc1ccc(Cl)cc1)NC(=O)OC(C)(C)C.O=C1N[C@@H](Cc2ccc(Cl)cc2)CC[C@H]1Cc1ccc(Cl)cc1. The predicted octanol–water partition coefficient (Wildman–Crippen LogP) is 9.48. The van der Waals surface area contributed by atoms with Gasteiger partial charge in [0.15, 0.2) is 0 Å². The molecule has 0 saturated carbocycles. The molecule has 2 amide bonds. The molecule has 4 aromatic carbocycles. The van der Waals surface area contributed by atoms with Gasteiger partial charge in [-0.2, -0.15) is 0 Å². The maximum atomic E-state index is 12.4. The maximum Gasteiger partial charge on any atom is 0.407 e. The number of nitrogens with one attached hydrogen (secondary N) is 3. The van der Waals surface area contributed by atoms with Crippen molar-refractivity contribution in [2.24, 2.45) is 5.92 Å². The Morgan fingerprint density at radius 3 is 1.62 bits per heavy atom. The minimum absolute atomic E-state index is 0.0534. The van der Waals surface area contributed by atoms with E-state index in [4.69, 9.17) is 55.9 Å². The summed E-state index contributed by atoms with van der Waals surface area (Å²) in [6.07, 6.45) is 3.99. The van der Waals surface area contributed by atoms with Gasteiger partial charge in [-0.1, -0.05) is 94.9 Å². The quantitative estimate of drug-likeness (QED) is 0.116. The molecule has 1 saturated heterocycles. The molecule has 1 fully saturated rings. The number of amides is 2. The van der Waals surface area contributed by atoms with E-state index in [1.807, 2.05) is 72.8 Å². The van der Waals surface area contributed by atoms with E-state index in [0.29, 0.717) is 29.4 Å². The van der Waals surface area contributed by atoms with Crippen molar-refractivity contribution in [3.63, 3.8) is 0 Å². The van der Waals surface area contributed by atoms with Crippen molar-refractivity contribution in [2.45, 2.75) is 83.0 Å². The van der Waals surface area contributed by atoms with E-state index in [2.05, 4.69) is 16.0 Å². The third-order valence-corrected chi connectivity index (χ3v) is 9.95. The first kappa shape index (κ1) is 43.9. The van der Waals surface area contributed by atoms with Crippen molar-refractivity contribution in [1.29, 1.82) is 0 Å². The van der Waals surface area contributed by atoms with Crippen molar-refractivity contribution in [1.82, 2.24) is 16.0 Å². The Balaban J connectivity index is 0.000000257. The van der Waals surface area contributed by atoms with Crippen molar-refractivity contribution in [2.75, 3.05) is 13.7 Å². The standard InChI is InChI=1S/C24H30Cl2N2O4.C19H19Cl2NO/c1-24(2,3)32-23(30)28-20(13-16-5-9-18(25)10-6-16)15-27-21(22(29)31-4)14-17-7-11-19(26)12-8-17;20-16-6-1-13(2-7-16)11-15-5-10-18(22-19(15)23)12-14-3-8-17(21)9-4-14/h5-12,20-21,27H,13-15H2,1-4H3,(H,28,30);1-4,6-9,15,18H,5,10-12H2,(H,22,23)/t20-,21-;15-,18+/m00/s1. The second-order valence-electron chi connectivity index (χ2n) is 14.6. The van der Waals surface area contributed by atoms with Gasteiger partial charge < -0.3 is 25.4 Å². The van der Waals surface area contributed by atoms with E-state index >= 15 is 0 Å². The topological polar surface area (TPSA) is 106 Å². The summed E-state index contributed by atoms with van der Waals surface area (Å²) in [4.78, 5) is 37.1. The Kier molecular flexibility index (Phi) is 17.2. The number of esters is 1. The third-order valence-electron chi connectivity index (χ3n) is 8.94. The van der Waals surface area contributed by atoms with E-state index in [-0.39, 0.29) is 29.9 Å². The lowest BCUT2D eigenvalue weighted by atomic mass is 9.87. The molecule has 4 aromatic rings. The molecule has 0 unspecified atom stereocenters. The predicted molar refractivity (Wildman–Crippen MR) is 222 cm³/mol. The van der Waals surface area contributed by atoms with Gasteiger partial charge in [0.05, 0.1) is 7.11 Å². The fourth-order valence-corrected chi connectivity index (χ4v) is 6.66. The number of benzene rings is 4. The molecule has 1 heterocycles. The average molecular weight is 830 g/mol. The van der Waals surface area contributed by atoms with Crippen LogP contribution in [0.1, 0.15) is 55.9 Å². The van der Waals surface area contributed by atoms with Crippen LogP contribution in [-0.4, -0.2) is 55.4 Å². The first-order valence-electron chi connectivity index (χ1n) is 18.2. The van der Waals surface area contributed by atoms with Crippen LogP contribution in [0.25, 0.3) is 0 Å². The van der Waals surface area contributed by atoms with Gasteiger partial charge in [-0.15, -0.1) is 0 Å². The van der Waals surface area contributed by atoms with Gasteiger partial charge in [0, 0.05) is 44.6 Å². The number of ether oxygens (including phenoxy) is 2. The molecule has 55 heavy (non-hydrogen) atoms. The maximum absolute atomic E-state index is 12.4. The van der Waals surface area contributed by atoms with Crippen molar-refractivity contribution < 1.29 is 23.9 Å². The summed E-state index contributed by atoms with van der Waals surface area (Å²) in [6, 6.07) is 29.5. The lowest BCUT2D eigenvalue weighted by Gasteiger charge is -2.29. The second kappa shape index (κ2) is 21.5. The number of alkyl carbamates (subject to hydrolysis) is 1. The summed E-state index contributed by atoms with van der Waals surface area (Å²) in [5.74, 6) is -0.176. The summed E-state index contributed by atoms with van der Waals surface area (Å²) in [7, 11) is 1.35. The van der Waals surface area contributed by atoms with Crippen molar-refractivity contribution in [3.8, 4) is 0 Å². The molecule has 0 bridgehead atoms. The molecule has 8 nitrogen and oxygen atoms in total. The molecule has 12 heteroatoms. The molecule has 1 aliphatic rings. The van der Waals surface area contributed by atoms with Gasteiger partial charge in [-0.05, 0) is 130 Å². The number of methoxy groups -OCH3 is 1. The number of piperidine rings is 1. The molecule has 4 atom stereocenters. The monoisotopic (exact) mass is 827 g/mol. The Labute approximate surface area is 344 Å². The summed E-state index contributed by atoms with van der Waals surface area (Å²) in [5.41, 5.74) is 3.67. The number of rotatable bonds is 13. The number of hydrogen-bond acceptors (Lipinski definition) is 6. The second-order valence-corrected chi connectivity index (χ2v) is 16.4. The molecule has 3 N–H and O–H groups in total. The first-order chi connectivity index (χ1) is 26.1. The van der Waals surface area contributed by atoms with Gasteiger partial charge in [0.2, 0.25) is 5.91 Å². The van der Waals surface area contributed by atoms with Gasteiger partial charge in [0.25, 0.3) is 0 Å². The van der Waals surface area contributed by atoms with E-state index in [0.717, 1.165) is 52.4 Å². The molecular formula is C43H49Cl4N3O5. The molecule has 1 aliphatic heterocycles. The molecule has 0 spiro atoms. The van der Waals surface area contributed by atoms with Gasteiger partial charge in [-0.25, -0.2) is 4.79 Å². The number of carbonyl (C=O) groups is 3. The molecule has 0 aromatic heterocycles. The number of halogens is 4. The van der Waals surface area contributed by atoms with Gasteiger partial charge in [-0.3, -0.25) is 9.59 Å². The van der Waals surface area contributed by atoms with E-state index < -0.39 is 17.7 Å². The third kappa shape index (κ3) is 16.1. The van der Waals surface area contributed by atoms with Crippen LogP contribution in [0, 0.1) is 5.92 Å². The van der Waals surface area contributed by atoms with Crippen LogP contribution in [-0.2, 0) is 44.7 Å². The molecule has 0 aliphatic carbocycles. The van der Waals surface area contributed by atoms with Crippen LogP contribution >= 0.6 is 46.4 Å². The zero-order chi connectivity index (χ0) is 40.0. The molecule has 5 rings (SSSR count). The summed E-state index contributed by atoms with van der Waals surface area (Å²) >= 11 is 23.7. The normalized spacial score (nSPS) is 16.5. The van der Waals surface area contributed by atoms with Crippen LogP contribution in [0.2, 0.25) is 20.1 Å². The van der Waals surface area contributed by atoms with Crippen LogP contribution in [0.5, 0.6) is 0 Å². The van der Waals surface area contributed by atoms with Crippen molar-refractivity contribution >= 4 is 64.4 Å². The van der Waals surface area contributed by atoms with E-state index in [9.17, 15) is 14.4 Å². The first-order valence-corrected chi connectivity index (χ1v) is 19.8. The van der Waals surface area contributed by atoms with Crippen LogP contribution in [0.3, 0.4) is 0 Å². The van der Waals surface area contributed by atoms with E-state index in [1.54, 1.807) is 45.0 Å². The van der Waals surface area contributed by atoms with E-state index in [1.165, 1.54) is 12.7 Å². The minimum atomic E-state index is -0.620. The highest BCUT2D eigenvalue weighted by atomic mass is 35.5. The van der Waals surface area contributed by atoms with Crippen LogP contribution < -0.4 is 16.0 Å². The van der Waals surface area contributed by atoms with Gasteiger partial charge >= 0.3 is 12.1 Å². The highest BCUT2D eigenvalue weighted by molar-refractivity contribution is 6.31. The van der Waals surface area contributed by atoms with Crippen molar-refractivity contribution in [3.05, 3.63) is 139 Å². The number of carbonyl (C=O) groups excluding carboxylic acids is 3. The lowest BCUT2D eigenvalue weighted by molar-refractivity contribution is -0.143. The summed E-state index contributed by atoms with van der Waals surface area (Å²) in [6.45, 7) is 5.74. The Hall–Kier alpha value is -3.79. The Bertz CT molecular complexity index is 1820. The highest BCUT2D eigenvalue weighted by Crippen LogP contribution is 2.23. The zero-order valence-electron chi connectivity index (χ0n) is 31.5. The smallest absolute Gasteiger partial charge is 0.407 e. The fraction of sp³-hybridized carbons (Fsp3) is 0.372. The Morgan fingerprint density at radius 1 is 0.709 bits per heavy atom. The van der Waals surface area contributed by atoms with Gasteiger partial charge in [0.1, 0.15) is 11.6 Å². The highest BCUT2D eigenvalue weighted by Gasteiger charge is 2.28. The molecular weight excluding hydrogens is 780 g/mol. The number of hydrogen-bond donors (Lipinski definition) is 3. The largest absolute Gasteiger partial charge is 0.468 e.